The van der Waals surface area contributed by atoms with Crippen molar-refractivity contribution in [3.05, 3.63) is 35.7 Å². The van der Waals surface area contributed by atoms with Crippen LogP contribution in [0.15, 0.2) is 29.5 Å². The van der Waals surface area contributed by atoms with Crippen LogP contribution in [0.25, 0.3) is 11.0 Å². The van der Waals surface area contributed by atoms with E-state index < -0.39 is 11.6 Å². The number of carbonyl (C=O) groups is 2. The quantitative estimate of drug-likeness (QED) is 0.201. The summed E-state index contributed by atoms with van der Waals surface area (Å²) in [6.07, 6.45) is 2.58. The molecule has 0 bridgehead atoms. The number of hydrogen-bond donors (Lipinski definition) is 4. The number of benzene rings is 1. The number of rotatable bonds is 14. The number of ether oxygens (including phenoxy) is 2. The molecule has 0 spiro atoms. The molecule has 0 saturated carbocycles. The van der Waals surface area contributed by atoms with Crippen molar-refractivity contribution in [3.8, 4) is 11.6 Å². The fourth-order valence-corrected chi connectivity index (χ4v) is 4.21. The average molecular weight is 599 g/mol. The summed E-state index contributed by atoms with van der Waals surface area (Å²) in [6.45, 7) is 8.12. The molecule has 0 aliphatic heterocycles. The van der Waals surface area contributed by atoms with Crippen LogP contribution in [0.5, 0.6) is 11.6 Å². The molecule has 4 N–H and O–H groups in total. The van der Waals surface area contributed by atoms with Crippen LogP contribution in [0.3, 0.4) is 0 Å². The van der Waals surface area contributed by atoms with E-state index in [1.54, 1.807) is 43.1 Å². The van der Waals surface area contributed by atoms with Gasteiger partial charge < -0.3 is 39.8 Å². The lowest BCUT2D eigenvalue weighted by Crippen LogP contribution is -2.39. The number of aromatic hydroxyl groups is 1. The summed E-state index contributed by atoms with van der Waals surface area (Å²) >= 11 is 0. The smallest absolute Gasteiger partial charge is 0.410 e. The van der Waals surface area contributed by atoms with Gasteiger partial charge in [-0.05, 0) is 53.1 Å². The van der Waals surface area contributed by atoms with E-state index in [0.29, 0.717) is 66.6 Å². The summed E-state index contributed by atoms with van der Waals surface area (Å²) in [6, 6.07) is 5.35. The lowest BCUT2D eigenvalue weighted by Gasteiger charge is -2.26. The van der Waals surface area contributed by atoms with Crippen molar-refractivity contribution in [1.82, 2.24) is 29.7 Å². The fraction of sp³-hybridized carbons (Fsp3) is 0.483. The summed E-state index contributed by atoms with van der Waals surface area (Å²) in [5.41, 5.74) is 1.70. The monoisotopic (exact) mass is 598 g/mol. The van der Waals surface area contributed by atoms with Crippen molar-refractivity contribution in [2.75, 3.05) is 66.3 Å². The van der Waals surface area contributed by atoms with Crippen LogP contribution in [-0.2, 0) is 16.1 Å². The molecular weight excluding hydrogens is 556 g/mol. The maximum absolute atomic E-state index is 12.2. The number of nitrogens with zero attached hydrogens (tertiary/aromatic N) is 6. The third-order valence-electron chi connectivity index (χ3n) is 6.37. The van der Waals surface area contributed by atoms with E-state index in [4.69, 9.17) is 14.6 Å². The summed E-state index contributed by atoms with van der Waals surface area (Å²) in [7, 11) is 6.94. The summed E-state index contributed by atoms with van der Waals surface area (Å²) in [5.74, 6) is 0.134. The summed E-state index contributed by atoms with van der Waals surface area (Å²) in [5, 5.41) is 23.6. The Kier molecular flexibility index (Phi) is 11.3. The van der Waals surface area contributed by atoms with Gasteiger partial charge in [0.25, 0.3) is 0 Å². The Bertz CT molecular complexity index is 1430. The second kappa shape index (κ2) is 14.6. The number of likely N-dealkylation sites (N-methyl/N-ethyl adjacent to an activating group) is 3. The first kappa shape index (κ1) is 33.1. The predicted octanol–water partition coefficient (Wildman–Crippen LogP) is 3.15. The van der Waals surface area contributed by atoms with Gasteiger partial charge in [-0.1, -0.05) is 0 Å². The first-order valence-corrected chi connectivity index (χ1v) is 13.8. The van der Waals surface area contributed by atoms with Crippen LogP contribution in [0.1, 0.15) is 31.9 Å². The molecule has 0 unspecified atom stereocenters. The van der Waals surface area contributed by atoms with Gasteiger partial charge in [-0.25, -0.2) is 14.8 Å². The number of aromatic amines is 1. The number of methoxy groups -OCH3 is 1. The molecule has 2 aromatic heterocycles. The molecule has 0 saturated heterocycles. The second-order valence-electron chi connectivity index (χ2n) is 11.3. The number of nitrogens with one attached hydrogen (secondary N) is 2. The van der Waals surface area contributed by atoms with E-state index in [-0.39, 0.29) is 18.5 Å². The van der Waals surface area contributed by atoms with Crippen LogP contribution in [-0.4, -0.2) is 125 Å². The number of amides is 1. The maximum atomic E-state index is 12.2. The lowest BCUT2D eigenvalue weighted by atomic mass is 10.1. The minimum atomic E-state index is -0.922. The molecule has 1 aromatic carbocycles. The topological polar surface area (TPSA) is 169 Å². The number of carboxylic acids is 1. The lowest BCUT2D eigenvalue weighted by molar-refractivity contribution is -0.138. The van der Waals surface area contributed by atoms with Crippen molar-refractivity contribution >= 4 is 40.8 Å². The Hall–Kier alpha value is -4.43. The van der Waals surface area contributed by atoms with Crippen LogP contribution >= 0.6 is 0 Å². The predicted molar refractivity (Wildman–Crippen MR) is 165 cm³/mol. The van der Waals surface area contributed by atoms with Gasteiger partial charge in [0.05, 0.1) is 30.3 Å². The maximum Gasteiger partial charge on any atom is 0.410 e. The first-order chi connectivity index (χ1) is 20.3. The minimum absolute atomic E-state index is 0.0977. The van der Waals surface area contributed by atoms with Crippen molar-refractivity contribution in [2.45, 2.75) is 32.9 Å². The number of fused-ring (bicyclic) bond motifs is 1. The Labute approximate surface area is 251 Å². The molecular formula is C29H42N8O6. The van der Waals surface area contributed by atoms with E-state index in [1.807, 2.05) is 33.9 Å². The number of carboxylic acid groups (broad SMARTS) is 1. The molecule has 14 heteroatoms. The molecule has 1 amide bonds. The number of aromatic nitrogens is 3. The highest BCUT2D eigenvalue weighted by Gasteiger charge is 2.20. The molecule has 0 atom stereocenters. The number of H-pyrrole nitrogens is 1. The third kappa shape index (κ3) is 9.82. The van der Waals surface area contributed by atoms with Crippen LogP contribution in [0, 0.1) is 0 Å². The van der Waals surface area contributed by atoms with E-state index in [9.17, 15) is 14.7 Å². The highest BCUT2D eigenvalue weighted by molar-refractivity contribution is 6.06. The summed E-state index contributed by atoms with van der Waals surface area (Å²) < 4.78 is 10.8. The van der Waals surface area contributed by atoms with Gasteiger partial charge in [0, 0.05) is 51.5 Å². The summed E-state index contributed by atoms with van der Waals surface area (Å²) in [4.78, 5) is 44.6. The second-order valence-corrected chi connectivity index (χ2v) is 11.3. The van der Waals surface area contributed by atoms with E-state index in [0.717, 1.165) is 5.56 Å². The Balaban J connectivity index is 1.69. The van der Waals surface area contributed by atoms with Crippen molar-refractivity contribution < 1.29 is 29.3 Å². The van der Waals surface area contributed by atoms with Gasteiger partial charge in [-0.2, -0.15) is 0 Å². The standard InChI is InChI=1S/C29H42N8O6/c1-29(2,3)43-28(41)37(6)13-12-35(4)11-10-30-25-24-21(27(40)34-26(24)33-18-32-25)15-31-20-8-9-22(42-7)19(14-20)16-36(5)17-23(38)39/h8-9,14-15,18,40H,10-13,16-17H2,1-7H3,(H,38,39)(H2,30,32,33,34). The molecule has 0 fully saturated rings. The zero-order valence-corrected chi connectivity index (χ0v) is 25.8. The highest BCUT2D eigenvalue weighted by atomic mass is 16.6. The number of aliphatic imine (C=N–C) groups is 1. The Morgan fingerprint density at radius 1 is 1.12 bits per heavy atom. The highest BCUT2D eigenvalue weighted by Crippen LogP contribution is 2.30. The van der Waals surface area contributed by atoms with Gasteiger partial charge in [-0.3, -0.25) is 14.7 Å². The molecule has 2 heterocycles. The van der Waals surface area contributed by atoms with Gasteiger partial charge in [-0.15, -0.1) is 0 Å². The van der Waals surface area contributed by atoms with Crippen molar-refractivity contribution in [3.63, 3.8) is 0 Å². The zero-order valence-electron chi connectivity index (χ0n) is 25.8. The van der Waals surface area contributed by atoms with Crippen LogP contribution < -0.4 is 10.1 Å². The molecule has 43 heavy (non-hydrogen) atoms. The number of anilines is 1. The first-order valence-electron chi connectivity index (χ1n) is 13.8. The van der Waals surface area contributed by atoms with Gasteiger partial charge in [0.1, 0.15) is 29.1 Å². The number of hydrogen-bond acceptors (Lipinski definition) is 11. The van der Waals surface area contributed by atoms with E-state index >= 15 is 0 Å². The normalized spacial score (nSPS) is 11.9. The average Bonchev–Trinajstić information content (AvgIpc) is 3.24. The van der Waals surface area contributed by atoms with E-state index in [1.165, 1.54) is 12.5 Å². The molecule has 3 aromatic rings. The minimum Gasteiger partial charge on any atom is -0.496 e. The molecule has 0 radical (unpaired) electrons. The molecule has 0 aliphatic rings. The largest absolute Gasteiger partial charge is 0.496 e. The van der Waals surface area contributed by atoms with Crippen LogP contribution in [0.4, 0.5) is 16.3 Å². The third-order valence-corrected chi connectivity index (χ3v) is 6.37. The molecule has 0 aliphatic carbocycles. The Morgan fingerprint density at radius 2 is 1.86 bits per heavy atom. The van der Waals surface area contributed by atoms with E-state index in [2.05, 4.69) is 30.2 Å². The SMILES string of the molecule is COc1ccc(N=Cc2c(O)[nH]c3ncnc(NCCN(C)CCN(C)C(=O)OC(C)(C)C)c23)cc1CN(C)CC(=O)O. The van der Waals surface area contributed by atoms with Gasteiger partial charge in [0.2, 0.25) is 0 Å². The van der Waals surface area contributed by atoms with Gasteiger partial charge in [0.15, 0.2) is 5.88 Å². The molecule has 234 valence electrons. The number of aliphatic carboxylic acids is 1. The van der Waals surface area contributed by atoms with Crippen LogP contribution in [0.2, 0.25) is 0 Å². The molecule has 3 rings (SSSR count). The Morgan fingerprint density at radius 3 is 2.53 bits per heavy atom. The van der Waals surface area contributed by atoms with Crippen molar-refractivity contribution in [2.24, 2.45) is 4.99 Å². The molecule has 14 nitrogen and oxygen atoms in total. The van der Waals surface area contributed by atoms with Gasteiger partial charge >= 0.3 is 12.1 Å². The number of carbonyl (C=O) groups excluding carboxylic acids is 1. The van der Waals surface area contributed by atoms with Crippen molar-refractivity contribution in [1.29, 1.82) is 0 Å². The zero-order chi connectivity index (χ0) is 31.7. The fourth-order valence-electron chi connectivity index (χ4n) is 4.21.